The van der Waals surface area contributed by atoms with E-state index in [1.165, 1.54) is 0 Å². The summed E-state index contributed by atoms with van der Waals surface area (Å²) in [5, 5.41) is 3.32. The number of nitrogens with zero attached hydrogens (tertiary/aromatic N) is 2. The molecule has 0 spiro atoms. The standard InChI is InChI=1S/C10H20N4O/c1-13-4-2-9(10(13)15)14-5-3-12-7-8(14)6-11/h8-9,12H,2-7,11H2,1H3. The Kier molecular flexibility index (Phi) is 3.23. The van der Waals surface area contributed by atoms with Crippen LogP contribution in [0.4, 0.5) is 0 Å². The summed E-state index contributed by atoms with van der Waals surface area (Å²) < 4.78 is 0. The van der Waals surface area contributed by atoms with Gasteiger partial charge in [0.05, 0.1) is 6.04 Å². The van der Waals surface area contributed by atoms with Crippen LogP contribution in [-0.4, -0.2) is 67.6 Å². The number of carbonyl (C=O) groups is 1. The smallest absolute Gasteiger partial charge is 0.239 e. The molecule has 2 atom stereocenters. The molecule has 0 aromatic heterocycles. The second kappa shape index (κ2) is 4.47. The molecule has 15 heavy (non-hydrogen) atoms. The molecular weight excluding hydrogens is 192 g/mol. The van der Waals surface area contributed by atoms with Crippen molar-refractivity contribution in [3.05, 3.63) is 0 Å². The van der Waals surface area contributed by atoms with Gasteiger partial charge in [-0.1, -0.05) is 0 Å². The van der Waals surface area contributed by atoms with Gasteiger partial charge in [-0.05, 0) is 6.42 Å². The Labute approximate surface area is 90.6 Å². The number of hydrogen-bond donors (Lipinski definition) is 2. The Morgan fingerprint density at radius 1 is 1.53 bits per heavy atom. The molecule has 2 aliphatic rings. The first-order chi connectivity index (χ1) is 7.24. The maximum Gasteiger partial charge on any atom is 0.239 e. The van der Waals surface area contributed by atoms with Crippen LogP contribution in [0.2, 0.25) is 0 Å². The third kappa shape index (κ3) is 2.00. The van der Waals surface area contributed by atoms with Gasteiger partial charge in [0.2, 0.25) is 5.91 Å². The van der Waals surface area contributed by atoms with Gasteiger partial charge in [-0.25, -0.2) is 0 Å². The Balaban J connectivity index is 2.04. The fourth-order valence-corrected chi connectivity index (χ4v) is 2.52. The highest BCUT2D eigenvalue weighted by Crippen LogP contribution is 2.18. The molecule has 0 saturated carbocycles. The fourth-order valence-electron chi connectivity index (χ4n) is 2.52. The molecule has 0 aromatic rings. The normalized spacial score (nSPS) is 33.7. The van der Waals surface area contributed by atoms with E-state index in [2.05, 4.69) is 10.2 Å². The molecule has 2 aliphatic heterocycles. The molecule has 3 N–H and O–H groups in total. The largest absolute Gasteiger partial charge is 0.344 e. The molecule has 86 valence electrons. The van der Waals surface area contributed by atoms with Crippen LogP contribution in [-0.2, 0) is 4.79 Å². The van der Waals surface area contributed by atoms with Crippen molar-refractivity contribution in [2.75, 3.05) is 39.8 Å². The fraction of sp³-hybridized carbons (Fsp3) is 0.900. The summed E-state index contributed by atoms with van der Waals surface area (Å²) in [4.78, 5) is 16.0. The van der Waals surface area contributed by atoms with Gasteiger partial charge >= 0.3 is 0 Å². The maximum atomic E-state index is 11.9. The molecule has 0 radical (unpaired) electrons. The van der Waals surface area contributed by atoms with Crippen molar-refractivity contribution in [2.45, 2.75) is 18.5 Å². The van der Waals surface area contributed by atoms with Crippen molar-refractivity contribution in [3.8, 4) is 0 Å². The number of nitrogens with one attached hydrogen (secondary N) is 1. The second-order valence-electron chi connectivity index (χ2n) is 4.40. The lowest BCUT2D eigenvalue weighted by Gasteiger charge is -2.38. The van der Waals surface area contributed by atoms with Crippen LogP contribution in [0.3, 0.4) is 0 Å². The van der Waals surface area contributed by atoms with Crippen LogP contribution in [0.1, 0.15) is 6.42 Å². The van der Waals surface area contributed by atoms with E-state index >= 15 is 0 Å². The Morgan fingerprint density at radius 2 is 2.33 bits per heavy atom. The van der Waals surface area contributed by atoms with E-state index in [1.54, 1.807) is 0 Å². The molecule has 0 bridgehead atoms. The van der Waals surface area contributed by atoms with Crippen LogP contribution in [0.5, 0.6) is 0 Å². The number of likely N-dealkylation sites (N-methyl/N-ethyl adjacent to an activating group) is 1. The molecule has 2 fully saturated rings. The molecule has 5 nitrogen and oxygen atoms in total. The minimum Gasteiger partial charge on any atom is -0.344 e. The average Bonchev–Trinajstić information content (AvgIpc) is 2.60. The summed E-state index contributed by atoms with van der Waals surface area (Å²) in [6, 6.07) is 0.393. The predicted molar refractivity (Wildman–Crippen MR) is 58.5 cm³/mol. The van der Waals surface area contributed by atoms with Gasteiger partial charge in [-0.15, -0.1) is 0 Å². The summed E-state index contributed by atoms with van der Waals surface area (Å²) in [6.45, 7) is 4.31. The van der Waals surface area contributed by atoms with Crippen molar-refractivity contribution >= 4 is 5.91 Å². The van der Waals surface area contributed by atoms with Gasteiger partial charge in [0, 0.05) is 45.8 Å². The first-order valence-electron chi connectivity index (χ1n) is 5.65. The van der Waals surface area contributed by atoms with Gasteiger partial charge in [0.25, 0.3) is 0 Å². The van der Waals surface area contributed by atoms with Crippen LogP contribution in [0.15, 0.2) is 0 Å². The SMILES string of the molecule is CN1CCC(N2CCNCC2CN)C1=O. The zero-order chi connectivity index (χ0) is 10.8. The lowest BCUT2D eigenvalue weighted by atomic mass is 10.1. The lowest BCUT2D eigenvalue weighted by Crippen LogP contribution is -2.59. The van der Waals surface area contributed by atoms with E-state index < -0.39 is 0 Å². The Morgan fingerprint density at radius 3 is 2.93 bits per heavy atom. The summed E-state index contributed by atoms with van der Waals surface area (Å²) in [5.74, 6) is 0.260. The van der Waals surface area contributed by atoms with E-state index in [1.807, 2.05) is 11.9 Å². The minimum absolute atomic E-state index is 0.0747. The maximum absolute atomic E-state index is 11.9. The first-order valence-corrected chi connectivity index (χ1v) is 5.65. The van der Waals surface area contributed by atoms with E-state index in [9.17, 15) is 4.79 Å². The molecule has 0 aliphatic carbocycles. The quantitative estimate of drug-likeness (QED) is 0.582. The third-order valence-electron chi connectivity index (χ3n) is 3.47. The topological polar surface area (TPSA) is 61.6 Å². The minimum atomic E-state index is 0.0747. The highest BCUT2D eigenvalue weighted by atomic mass is 16.2. The molecular formula is C10H20N4O. The van der Waals surface area contributed by atoms with Crippen molar-refractivity contribution in [1.29, 1.82) is 0 Å². The molecule has 1 amide bonds. The summed E-state index contributed by atoms with van der Waals surface area (Å²) in [7, 11) is 1.88. The van der Waals surface area contributed by atoms with Crippen molar-refractivity contribution in [3.63, 3.8) is 0 Å². The predicted octanol–water partition coefficient (Wildman–Crippen LogP) is -1.55. The molecule has 5 heteroatoms. The number of nitrogens with two attached hydrogens (primary N) is 1. The molecule has 2 unspecified atom stereocenters. The van der Waals surface area contributed by atoms with Crippen molar-refractivity contribution in [1.82, 2.24) is 15.1 Å². The highest BCUT2D eigenvalue weighted by molar-refractivity contribution is 5.83. The summed E-state index contributed by atoms with van der Waals surface area (Å²) in [5.41, 5.74) is 5.73. The van der Waals surface area contributed by atoms with E-state index in [-0.39, 0.29) is 11.9 Å². The van der Waals surface area contributed by atoms with Crippen LogP contribution in [0.25, 0.3) is 0 Å². The van der Waals surface area contributed by atoms with Crippen LogP contribution in [0, 0.1) is 0 Å². The van der Waals surface area contributed by atoms with Gasteiger partial charge in [-0.2, -0.15) is 0 Å². The molecule has 2 heterocycles. The number of amides is 1. The number of piperazine rings is 1. The zero-order valence-corrected chi connectivity index (χ0v) is 9.28. The number of hydrogen-bond acceptors (Lipinski definition) is 4. The second-order valence-corrected chi connectivity index (χ2v) is 4.40. The average molecular weight is 212 g/mol. The number of rotatable bonds is 2. The number of carbonyl (C=O) groups excluding carboxylic acids is 1. The monoisotopic (exact) mass is 212 g/mol. The van der Waals surface area contributed by atoms with Crippen LogP contribution < -0.4 is 11.1 Å². The molecule has 2 saturated heterocycles. The summed E-state index contributed by atoms with van der Waals surface area (Å²) >= 11 is 0. The zero-order valence-electron chi connectivity index (χ0n) is 9.28. The first kappa shape index (κ1) is 10.9. The van der Waals surface area contributed by atoms with Gasteiger partial charge in [-0.3, -0.25) is 9.69 Å². The van der Waals surface area contributed by atoms with Gasteiger partial charge < -0.3 is 16.0 Å². The van der Waals surface area contributed by atoms with Crippen molar-refractivity contribution in [2.24, 2.45) is 5.73 Å². The Hall–Kier alpha value is -0.650. The molecule has 0 aromatic carbocycles. The van der Waals surface area contributed by atoms with E-state index in [0.29, 0.717) is 12.6 Å². The van der Waals surface area contributed by atoms with E-state index in [0.717, 1.165) is 32.6 Å². The summed E-state index contributed by atoms with van der Waals surface area (Å²) in [6.07, 6.45) is 0.950. The van der Waals surface area contributed by atoms with E-state index in [4.69, 9.17) is 5.73 Å². The van der Waals surface area contributed by atoms with Gasteiger partial charge in [0.15, 0.2) is 0 Å². The Bertz CT molecular complexity index is 246. The van der Waals surface area contributed by atoms with Crippen molar-refractivity contribution < 1.29 is 4.79 Å². The molecule has 2 rings (SSSR count). The highest BCUT2D eigenvalue weighted by Gasteiger charge is 2.37. The van der Waals surface area contributed by atoms with Gasteiger partial charge in [0.1, 0.15) is 0 Å². The number of likely N-dealkylation sites (tertiary alicyclic amines) is 1. The van der Waals surface area contributed by atoms with Crippen LogP contribution >= 0.6 is 0 Å². The third-order valence-corrected chi connectivity index (χ3v) is 3.47. The lowest BCUT2D eigenvalue weighted by molar-refractivity contribution is -0.132.